The Morgan fingerprint density at radius 3 is 0.952 bits per heavy atom. The molecule has 0 aliphatic carbocycles. The zero-order valence-electron chi connectivity index (χ0n) is 9.21. The quantitative estimate of drug-likeness (QED) is 0.221. The normalized spacial score (nSPS) is 18.3. The van der Waals surface area contributed by atoms with Crippen LogP contribution in [0.2, 0.25) is 0 Å². The molecule has 0 fully saturated rings. The number of rotatable bonds is 6. The van der Waals surface area contributed by atoms with E-state index in [2.05, 4.69) is 4.31 Å². The first-order chi connectivity index (χ1) is 8.71. The van der Waals surface area contributed by atoms with Gasteiger partial charge in [0.25, 0.3) is 0 Å². The lowest BCUT2D eigenvalue weighted by Gasteiger charge is -2.36. The first kappa shape index (κ1) is 21.8. The summed E-state index contributed by atoms with van der Waals surface area (Å²) < 4.78 is 53.0. The van der Waals surface area contributed by atoms with Crippen molar-refractivity contribution in [3.05, 3.63) is 0 Å². The van der Waals surface area contributed by atoms with E-state index in [0.29, 0.717) is 0 Å². The van der Waals surface area contributed by atoms with Crippen LogP contribution in [-0.2, 0) is 27.1 Å². The molecular weight excluding hydrogens is 407 g/mol. The maximum Gasteiger partial charge on any atom is 0.476 e. The third-order valence-corrected chi connectivity index (χ3v) is 15.9. The second-order valence-electron chi connectivity index (χ2n) is 3.32. The predicted molar refractivity (Wildman–Crippen MR) is 61.8 cm³/mol. The highest BCUT2D eigenvalue weighted by molar-refractivity contribution is 8.04. The summed E-state index contributed by atoms with van der Waals surface area (Å²) in [4.78, 5) is 78.5. The summed E-state index contributed by atoms with van der Waals surface area (Å²) in [6.07, 6.45) is 0. The van der Waals surface area contributed by atoms with Gasteiger partial charge in [-0.3, -0.25) is 18.3 Å². The van der Waals surface area contributed by atoms with Crippen molar-refractivity contribution in [2.75, 3.05) is 0 Å². The number of hydrogen-bond acceptors (Lipinski definition) is 6. The van der Waals surface area contributed by atoms with E-state index in [-0.39, 0.29) is 0 Å². The fourth-order valence-corrected chi connectivity index (χ4v) is 11.8. The van der Waals surface area contributed by atoms with E-state index in [9.17, 15) is 22.8 Å². The molecule has 1 atom stereocenters. The van der Waals surface area contributed by atoms with Crippen LogP contribution in [0.1, 0.15) is 0 Å². The molecule has 0 aromatic heterocycles. The van der Waals surface area contributed by atoms with Gasteiger partial charge in [-0.1, -0.05) is 0 Å². The highest BCUT2D eigenvalue weighted by atomic mass is 31.4. The Morgan fingerprint density at radius 2 is 0.810 bits per heavy atom. The zero-order chi connectivity index (χ0) is 17.7. The minimum Gasteiger partial charge on any atom is -0.323 e. The average molecular weight is 416 g/mol. The molecule has 0 aromatic rings. The van der Waals surface area contributed by atoms with Gasteiger partial charge < -0.3 is 44.0 Å². The maximum absolute atomic E-state index is 11.6. The average Bonchev–Trinajstić information content (AvgIpc) is 1.84. The van der Waals surface area contributed by atoms with E-state index < -0.39 is 42.6 Å². The van der Waals surface area contributed by atoms with Crippen molar-refractivity contribution >= 4 is 38.2 Å². The Balaban J connectivity index is 6.98. The molecule has 0 heterocycles. The molecule has 0 saturated heterocycles. The van der Waals surface area contributed by atoms with Crippen LogP contribution in [0.15, 0.2) is 0 Å². The lowest BCUT2D eigenvalue weighted by molar-refractivity contribution is 0.255. The van der Waals surface area contributed by atoms with E-state index in [1.54, 1.807) is 0 Å². The van der Waals surface area contributed by atoms with E-state index in [4.69, 9.17) is 44.0 Å². The molecule has 0 aromatic carbocycles. The van der Waals surface area contributed by atoms with Crippen LogP contribution < -0.4 is 0 Å². The minimum absolute atomic E-state index is 2.97. The lowest BCUT2D eigenvalue weighted by Crippen LogP contribution is -2.30. The van der Waals surface area contributed by atoms with Gasteiger partial charge in [0, 0.05) is 0 Å². The summed E-state index contributed by atoms with van der Waals surface area (Å²) in [6.45, 7) is 0. The molecule has 0 aliphatic rings. The first-order valence-electron chi connectivity index (χ1n) is 3.97. The molecule has 0 amide bonds. The monoisotopic (exact) mass is 416 g/mol. The second kappa shape index (κ2) is 5.68. The van der Waals surface area contributed by atoms with Crippen molar-refractivity contribution in [2.24, 2.45) is 0 Å². The van der Waals surface area contributed by atoms with Crippen LogP contribution in [0, 0.1) is 0 Å². The molecule has 9 N–H and O–H groups in total. The molecule has 0 saturated carbocycles. The largest absolute Gasteiger partial charge is 0.476 e. The summed E-state index contributed by atoms with van der Waals surface area (Å²) in [5, 5.41) is 0. The molecule has 20 heteroatoms. The smallest absolute Gasteiger partial charge is 0.323 e. The molecule has 0 rings (SSSR count). The number of phosphoric acid groups is 1. The topological polar surface area (TPSA) is 277 Å². The first-order valence-corrected chi connectivity index (χ1v) is 11.9. The minimum atomic E-state index is -6.97. The van der Waals surface area contributed by atoms with Gasteiger partial charge in [-0.25, -0.2) is 8.88 Å². The van der Waals surface area contributed by atoms with Crippen LogP contribution >= 0.6 is 38.2 Å². The summed E-state index contributed by atoms with van der Waals surface area (Å²) in [6, 6.07) is 0. The van der Waals surface area contributed by atoms with Crippen molar-refractivity contribution in [2.45, 2.75) is 4.38 Å². The van der Waals surface area contributed by atoms with E-state index in [1.807, 2.05) is 0 Å². The third-order valence-electron chi connectivity index (χ3n) is 1.77. The van der Waals surface area contributed by atoms with Gasteiger partial charge in [0.1, 0.15) is 0 Å². The molecule has 0 radical (unpaired) electrons. The van der Waals surface area contributed by atoms with Crippen molar-refractivity contribution in [3.63, 3.8) is 0 Å². The highest BCUT2D eigenvalue weighted by Gasteiger charge is 2.83. The molecular formula is CH9O15P5. The Hall–Kier alpha value is 0.750. The SMILES string of the molecule is O=P(O)(O)OP(=O)(O)C(P(=O)(O)O)(P(=O)(O)O)P(=O)(O)O. The van der Waals surface area contributed by atoms with E-state index >= 15 is 0 Å². The van der Waals surface area contributed by atoms with Gasteiger partial charge in [0.2, 0.25) is 0 Å². The molecule has 0 aliphatic heterocycles. The van der Waals surface area contributed by atoms with Crippen LogP contribution in [-0.4, -0.2) is 48.4 Å². The van der Waals surface area contributed by atoms with Crippen molar-refractivity contribution in [3.8, 4) is 0 Å². The maximum atomic E-state index is 11.6. The van der Waals surface area contributed by atoms with Gasteiger partial charge in [-0.2, -0.15) is 0 Å². The van der Waals surface area contributed by atoms with Crippen LogP contribution in [0.5, 0.6) is 0 Å². The van der Waals surface area contributed by atoms with Gasteiger partial charge in [-0.15, -0.1) is 0 Å². The molecule has 0 bridgehead atoms. The fourth-order valence-electron chi connectivity index (χ4n) is 1.20. The van der Waals surface area contributed by atoms with Gasteiger partial charge >= 0.3 is 42.6 Å². The van der Waals surface area contributed by atoms with Crippen LogP contribution in [0.25, 0.3) is 0 Å². The summed E-state index contributed by atoms with van der Waals surface area (Å²) in [7, 11) is -33.7. The highest BCUT2D eigenvalue weighted by Crippen LogP contribution is 2.96. The standard InChI is InChI=1S/CH9O15P5/c2-17(3,4)1(18(5,6)7,19(8,9)10)20(11,12)16-21(13,14)15/h(H,11,12)(H2,2,3,4)(H2,5,6,7)(H2,8,9,10)(H2,13,14,15). The van der Waals surface area contributed by atoms with Crippen molar-refractivity contribution in [1.82, 2.24) is 0 Å². The number of hydrogen-bond donors (Lipinski definition) is 9. The van der Waals surface area contributed by atoms with Crippen molar-refractivity contribution in [1.29, 1.82) is 0 Å². The molecule has 1 unspecified atom stereocenters. The van der Waals surface area contributed by atoms with Gasteiger partial charge in [-0.05, 0) is 0 Å². The second-order valence-corrected chi connectivity index (χ2v) is 14.1. The Labute approximate surface area is 114 Å². The fraction of sp³-hybridized carbons (Fsp3) is 1.00. The summed E-state index contributed by atoms with van der Waals surface area (Å²) >= 11 is 0. The molecule has 15 nitrogen and oxygen atoms in total. The summed E-state index contributed by atoms with van der Waals surface area (Å²) in [5.74, 6) is 0. The van der Waals surface area contributed by atoms with Gasteiger partial charge in [0.05, 0.1) is 0 Å². The van der Waals surface area contributed by atoms with Crippen LogP contribution in [0.4, 0.5) is 0 Å². The van der Waals surface area contributed by atoms with Crippen LogP contribution in [0.3, 0.4) is 0 Å². The molecule has 0 spiro atoms. The zero-order valence-corrected chi connectivity index (χ0v) is 13.7. The van der Waals surface area contributed by atoms with Crippen molar-refractivity contribution < 1.29 is 71.2 Å². The molecule has 128 valence electrons. The Morgan fingerprint density at radius 1 is 0.571 bits per heavy atom. The predicted octanol–water partition coefficient (Wildman–Crippen LogP) is -1.57. The van der Waals surface area contributed by atoms with E-state index in [1.165, 1.54) is 0 Å². The Bertz CT molecular complexity index is 576. The third kappa shape index (κ3) is 3.99. The lowest BCUT2D eigenvalue weighted by atomic mass is 11.8. The summed E-state index contributed by atoms with van der Waals surface area (Å²) in [5.41, 5.74) is 0. The van der Waals surface area contributed by atoms with E-state index in [0.717, 1.165) is 0 Å². The Kier molecular flexibility index (Phi) is 5.88. The molecule has 21 heavy (non-hydrogen) atoms. The van der Waals surface area contributed by atoms with Gasteiger partial charge in [0.15, 0.2) is 0 Å².